The maximum absolute atomic E-state index is 12.9. The molecule has 0 amide bonds. The first kappa shape index (κ1) is 19.2. The Balaban J connectivity index is 2.05. The van der Waals surface area contributed by atoms with Gasteiger partial charge in [0.1, 0.15) is 11.7 Å². The average Bonchev–Trinajstić information content (AvgIpc) is 2.68. The predicted octanol–water partition coefficient (Wildman–Crippen LogP) is 4.67. The highest BCUT2D eigenvalue weighted by atomic mass is 35.5. The molecule has 0 saturated heterocycles. The van der Waals surface area contributed by atoms with Crippen molar-refractivity contribution in [2.75, 3.05) is 13.7 Å². The Kier molecular flexibility index (Phi) is 5.97. The molecule has 140 valence electrons. The van der Waals surface area contributed by atoms with Gasteiger partial charge in [0.15, 0.2) is 5.78 Å². The summed E-state index contributed by atoms with van der Waals surface area (Å²) in [5, 5.41) is 0.538. The second-order valence-electron chi connectivity index (χ2n) is 6.37. The van der Waals surface area contributed by atoms with Crippen molar-refractivity contribution in [1.29, 1.82) is 0 Å². The van der Waals surface area contributed by atoms with E-state index in [1.165, 1.54) is 0 Å². The summed E-state index contributed by atoms with van der Waals surface area (Å²) >= 11 is 6.39. The number of allylic oxidation sites excluding steroid dienone is 2. The molecular weight excluding hydrogens is 364 g/mol. The molecule has 5 heteroatoms. The van der Waals surface area contributed by atoms with Gasteiger partial charge in [0.2, 0.25) is 0 Å². The van der Waals surface area contributed by atoms with Crippen LogP contribution in [-0.4, -0.2) is 25.5 Å². The number of hydrogen-bond donors (Lipinski definition) is 0. The van der Waals surface area contributed by atoms with Crippen molar-refractivity contribution >= 4 is 28.9 Å². The number of carbonyl (C=O) groups is 2. The van der Waals surface area contributed by atoms with Crippen molar-refractivity contribution in [3.8, 4) is 5.75 Å². The van der Waals surface area contributed by atoms with Gasteiger partial charge in [-0.1, -0.05) is 41.9 Å². The van der Waals surface area contributed by atoms with E-state index in [0.29, 0.717) is 17.2 Å². The third-order valence-corrected chi connectivity index (χ3v) is 5.10. The topological polar surface area (TPSA) is 52.6 Å². The zero-order valence-corrected chi connectivity index (χ0v) is 16.0. The van der Waals surface area contributed by atoms with Crippen LogP contribution < -0.4 is 4.74 Å². The van der Waals surface area contributed by atoms with E-state index in [4.69, 9.17) is 21.1 Å². The molecular formula is C22H21ClO4. The van der Waals surface area contributed by atoms with Crippen molar-refractivity contribution in [3.63, 3.8) is 0 Å². The molecule has 2 aromatic carbocycles. The van der Waals surface area contributed by atoms with Gasteiger partial charge in [0.25, 0.3) is 0 Å². The lowest BCUT2D eigenvalue weighted by Gasteiger charge is -2.30. The molecule has 0 bridgehead atoms. The maximum Gasteiger partial charge on any atom is 0.317 e. The second-order valence-corrected chi connectivity index (χ2v) is 6.77. The third kappa shape index (κ3) is 4.06. The van der Waals surface area contributed by atoms with Crippen LogP contribution in [0.15, 0.2) is 54.6 Å². The summed E-state index contributed by atoms with van der Waals surface area (Å²) in [6, 6.07) is 14.9. The van der Waals surface area contributed by atoms with Crippen LogP contribution in [0.4, 0.5) is 0 Å². The molecule has 0 spiro atoms. The predicted molar refractivity (Wildman–Crippen MR) is 105 cm³/mol. The van der Waals surface area contributed by atoms with Crippen LogP contribution >= 0.6 is 11.6 Å². The van der Waals surface area contributed by atoms with E-state index >= 15 is 0 Å². The number of carbonyl (C=O) groups excluding carboxylic acids is 2. The molecule has 4 nitrogen and oxygen atoms in total. The van der Waals surface area contributed by atoms with Gasteiger partial charge in [-0.15, -0.1) is 0 Å². The lowest BCUT2D eigenvalue weighted by Crippen LogP contribution is -2.34. The number of esters is 1. The fourth-order valence-electron chi connectivity index (χ4n) is 3.48. The largest absolute Gasteiger partial charge is 0.497 e. The highest BCUT2D eigenvalue weighted by Crippen LogP contribution is 2.42. The van der Waals surface area contributed by atoms with Crippen LogP contribution in [0.25, 0.3) is 5.57 Å². The van der Waals surface area contributed by atoms with E-state index in [0.717, 1.165) is 16.7 Å². The lowest BCUT2D eigenvalue weighted by molar-refractivity contribution is -0.151. The molecule has 27 heavy (non-hydrogen) atoms. The summed E-state index contributed by atoms with van der Waals surface area (Å²) in [6.45, 7) is 1.96. The Bertz CT molecular complexity index is 887. The fourth-order valence-corrected chi connectivity index (χ4v) is 3.75. The molecule has 1 aliphatic carbocycles. The molecule has 0 radical (unpaired) electrons. The average molecular weight is 385 g/mol. The van der Waals surface area contributed by atoms with E-state index in [9.17, 15) is 9.59 Å². The Labute approximate surface area is 163 Å². The SMILES string of the molecule is CCOC(=O)C1C(=O)C=C(c2cccc(OC)c2)CC1c1ccccc1Cl. The third-order valence-electron chi connectivity index (χ3n) is 4.75. The van der Waals surface area contributed by atoms with Gasteiger partial charge in [-0.2, -0.15) is 0 Å². The summed E-state index contributed by atoms with van der Waals surface area (Å²) < 4.78 is 10.5. The summed E-state index contributed by atoms with van der Waals surface area (Å²) in [7, 11) is 1.60. The molecule has 2 atom stereocenters. The number of ether oxygens (including phenoxy) is 2. The molecule has 0 N–H and O–H groups in total. The Morgan fingerprint density at radius 3 is 2.67 bits per heavy atom. The van der Waals surface area contributed by atoms with E-state index in [-0.39, 0.29) is 18.3 Å². The monoisotopic (exact) mass is 384 g/mol. The normalized spacial score (nSPS) is 19.4. The number of ketones is 1. The fraction of sp³-hybridized carbons (Fsp3) is 0.273. The number of rotatable bonds is 5. The summed E-state index contributed by atoms with van der Waals surface area (Å²) in [5.41, 5.74) is 2.52. The van der Waals surface area contributed by atoms with Gasteiger partial charge in [-0.3, -0.25) is 9.59 Å². The smallest absolute Gasteiger partial charge is 0.317 e. The Morgan fingerprint density at radius 2 is 1.96 bits per heavy atom. The molecule has 2 aromatic rings. The highest BCUT2D eigenvalue weighted by molar-refractivity contribution is 6.31. The van der Waals surface area contributed by atoms with Crippen LogP contribution in [0, 0.1) is 5.92 Å². The van der Waals surface area contributed by atoms with Gasteiger partial charge >= 0.3 is 5.97 Å². The number of hydrogen-bond acceptors (Lipinski definition) is 4. The first-order valence-corrected chi connectivity index (χ1v) is 9.22. The molecule has 2 unspecified atom stereocenters. The van der Waals surface area contributed by atoms with Crippen molar-refractivity contribution in [3.05, 3.63) is 70.8 Å². The van der Waals surface area contributed by atoms with Crippen molar-refractivity contribution in [2.24, 2.45) is 5.92 Å². The maximum atomic E-state index is 12.9. The Hall–Kier alpha value is -2.59. The first-order valence-electron chi connectivity index (χ1n) is 8.85. The van der Waals surface area contributed by atoms with E-state index in [1.54, 1.807) is 26.2 Å². The van der Waals surface area contributed by atoms with Crippen LogP contribution in [0.2, 0.25) is 5.02 Å². The molecule has 1 aliphatic rings. The quantitative estimate of drug-likeness (QED) is 0.555. The number of halogens is 1. The molecule has 0 fully saturated rings. The van der Waals surface area contributed by atoms with Gasteiger partial charge in [0.05, 0.1) is 13.7 Å². The second kappa shape index (κ2) is 8.40. The van der Waals surface area contributed by atoms with Crippen LogP contribution in [0.1, 0.15) is 30.4 Å². The zero-order chi connectivity index (χ0) is 19.4. The minimum Gasteiger partial charge on any atom is -0.497 e. The minimum atomic E-state index is -0.890. The van der Waals surface area contributed by atoms with Crippen LogP contribution in [0.5, 0.6) is 5.75 Å². The van der Waals surface area contributed by atoms with Crippen molar-refractivity contribution in [1.82, 2.24) is 0 Å². The van der Waals surface area contributed by atoms with Crippen molar-refractivity contribution < 1.29 is 19.1 Å². The van der Waals surface area contributed by atoms with Gasteiger partial charge in [-0.05, 0) is 54.3 Å². The highest BCUT2D eigenvalue weighted by Gasteiger charge is 2.40. The molecule has 0 saturated carbocycles. The van der Waals surface area contributed by atoms with Gasteiger partial charge in [-0.25, -0.2) is 0 Å². The lowest BCUT2D eigenvalue weighted by atomic mass is 9.73. The first-order chi connectivity index (χ1) is 13.0. The molecule has 0 aliphatic heterocycles. The van der Waals surface area contributed by atoms with Crippen LogP contribution in [-0.2, 0) is 14.3 Å². The zero-order valence-electron chi connectivity index (χ0n) is 15.3. The standard InChI is InChI=1S/C22H21ClO4/c1-3-27-22(25)21-18(17-9-4-5-10-19(17)23)12-15(13-20(21)24)14-7-6-8-16(11-14)26-2/h4-11,13,18,21H,3,12H2,1-2H3. The minimum absolute atomic E-state index is 0.226. The van der Waals surface area contributed by atoms with E-state index < -0.39 is 11.9 Å². The van der Waals surface area contributed by atoms with Gasteiger partial charge < -0.3 is 9.47 Å². The molecule has 0 heterocycles. The summed E-state index contributed by atoms with van der Waals surface area (Å²) in [6.07, 6.45) is 2.05. The molecule has 0 aromatic heterocycles. The van der Waals surface area contributed by atoms with Crippen LogP contribution in [0.3, 0.4) is 0 Å². The molecule has 3 rings (SSSR count). The van der Waals surface area contributed by atoms with Gasteiger partial charge in [0, 0.05) is 10.9 Å². The number of methoxy groups -OCH3 is 1. The summed E-state index contributed by atoms with van der Waals surface area (Å²) in [5.74, 6) is -1.32. The van der Waals surface area contributed by atoms with E-state index in [1.807, 2.05) is 42.5 Å². The van der Waals surface area contributed by atoms with Crippen molar-refractivity contribution in [2.45, 2.75) is 19.3 Å². The summed E-state index contributed by atoms with van der Waals surface area (Å²) in [4.78, 5) is 25.4. The van der Waals surface area contributed by atoms with E-state index in [2.05, 4.69) is 0 Å². The Morgan fingerprint density at radius 1 is 1.19 bits per heavy atom. The number of benzene rings is 2.